The standard InChI is InChI=1S/C34H50N4O5/c1-10-42-32(40)28(26-14-12-11-13-15-26)21-38-18-16-27(17-19-38)37(9)29(39)20-35-30-22(2)24(4)31(25(5)23(30)3)36-33(41)43-34(6,7)8/h11-15,27-28,35H,10,16-21H2,1-9H3,(H,36,41). The number of hydrogen-bond acceptors (Lipinski definition) is 7. The first-order chi connectivity index (χ1) is 20.2. The molecular formula is C34H50N4O5. The summed E-state index contributed by atoms with van der Waals surface area (Å²) in [5, 5.41) is 6.30. The van der Waals surface area contributed by atoms with E-state index in [-0.39, 0.29) is 30.4 Å². The Kier molecular flexibility index (Phi) is 11.6. The minimum Gasteiger partial charge on any atom is -0.465 e. The molecule has 1 unspecified atom stereocenters. The average Bonchev–Trinajstić information content (AvgIpc) is 2.96. The molecule has 0 radical (unpaired) electrons. The van der Waals surface area contributed by atoms with Crippen LogP contribution in [0.4, 0.5) is 16.2 Å². The van der Waals surface area contributed by atoms with E-state index in [9.17, 15) is 14.4 Å². The van der Waals surface area contributed by atoms with Crippen LogP contribution in [0, 0.1) is 27.7 Å². The van der Waals surface area contributed by atoms with E-state index in [1.54, 1.807) is 0 Å². The number of carbonyl (C=O) groups is 3. The van der Waals surface area contributed by atoms with E-state index < -0.39 is 11.7 Å². The van der Waals surface area contributed by atoms with Crippen LogP contribution in [0.5, 0.6) is 0 Å². The molecule has 1 aliphatic heterocycles. The highest BCUT2D eigenvalue weighted by molar-refractivity contribution is 5.90. The van der Waals surface area contributed by atoms with Crippen molar-refractivity contribution >= 4 is 29.3 Å². The average molecular weight is 595 g/mol. The van der Waals surface area contributed by atoms with E-state index >= 15 is 0 Å². The summed E-state index contributed by atoms with van der Waals surface area (Å²) in [5.74, 6) is -0.499. The molecule has 2 amide bonds. The largest absolute Gasteiger partial charge is 0.465 e. The van der Waals surface area contributed by atoms with Gasteiger partial charge in [-0.2, -0.15) is 0 Å². The van der Waals surface area contributed by atoms with Gasteiger partial charge in [0, 0.05) is 38.4 Å². The van der Waals surface area contributed by atoms with Gasteiger partial charge in [-0.05, 0) is 96.0 Å². The van der Waals surface area contributed by atoms with Crippen molar-refractivity contribution in [1.82, 2.24) is 9.80 Å². The van der Waals surface area contributed by atoms with Gasteiger partial charge in [0.1, 0.15) is 5.60 Å². The second-order valence-corrected chi connectivity index (χ2v) is 12.5. The number of ether oxygens (including phenoxy) is 2. The van der Waals surface area contributed by atoms with Crippen molar-refractivity contribution in [2.75, 3.05) is 50.5 Å². The first kappa shape index (κ1) is 33.9. The minimum absolute atomic E-state index is 0.0252. The van der Waals surface area contributed by atoms with Crippen LogP contribution >= 0.6 is 0 Å². The third-order valence-corrected chi connectivity index (χ3v) is 8.38. The Morgan fingerprint density at radius 2 is 1.51 bits per heavy atom. The summed E-state index contributed by atoms with van der Waals surface area (Å²) < 4.78 is 10.8. The van der Waals surface area contributed by atoms with Crippen molar-refractivity contribution in [3.63, 3.8) is 0 Å². The second kappa shape index (κ2) is 14.7. The maximum atomic E-state index is 13.3. The molecule has 0 bridgehead atoms. The van der Waals surface area contributed by atoms with Gasteiger partial charge in [-0.1, -0.05) is 30.3 Å². The smallest absolute Gasteiger partial charge is 0.412 e. The molecule has 0 saturated carbocycles. The molecule has 1 aliphatic rings. The summed E-state index contributed by atoms with van der Waals surface area (Å²) in [4.78, 5) is 42.6. The van der Waals surface area contributed by atoms with Gasteiger partial charge < -0.3 is 24.6 Å². The number of amides is 2. The van der Waals surface area contributed by atoms with Gasteiger partial charge in [-0.15, -0.1) is 0 Å². The van der Waals surface area contributed by atoms with Gasteiger partial charge >= 0.3 is 12.1 Å². The summed E-state index contributed by atoms with van der Waals surface area (Å²) in [7, 11) is 1.87. The number of anilines is 2. The summed E-state index contributed by atoms with van der Waals surface area (Å²) in [6.07, 6.45) is 1.19. The van der Waals surface area contributed by atoms with Crippen molar-refractivity contribution in [2.24, 2.45) is 0 Å². The summed E-state index contributed by atoms with van der Waals surface area (Å²) >= 11 is 0. The molecule has 9 nitrogen and oxygen atoms in total. The Morgan fingerprint density at radius 1 is 0.953 bits per heavy atom. The number of esters is 1. The number of rotatable bonds is 10. The van der Waals surface area contributed by atoms with E-state index in [1.165, 1.54) is 0 Å². The van der Waals surface area contributed by atoms with E-state index in [1.807, 2.05) is 97.7 Å². The number of carbonyl (C=O) groups excluding carboxylic acids is 3. The molecule has 2 aromatic carbocycles. The predicted molar refractivity (Wildman–Crippen MR) is 172 cm³/mol. The van der Waals surface area contributed by atoms with Crippen LogP contribution in [0.15, 0.2) is 30.3 Å². The lowest BCUT2D eigenvalue weighted by molar-refractivity contribution is -0.145. The van der Waals surface area contributed by atoms with Gasteiger partial charge in [0.05, 0.1) is 24.8 Å². The first-order valence-electron chi connectivity index (χ1n) is 15.3. The van der Waals surface area contributed by atoms with Gasteiger partial charge in [0.15, 0.2) is 0 Å². The maximum absolute atomic E-state index is 13.3. The highest BCUT2D eigenvalue weighted by Gasteiger charge is 2.30. The van der Waals surface area contributed by atoms with Crippen molar-refractivity contribution < 1.29 is 23.9 Å². The van der Waals surface area contributed by atoms with Crippen LogP contribution in [0.1, 0.15) is 74.3 Å². The number of nitrogens with zero attached hydrogens (tertiary/aromatic N) is 2. The molecule has 1 fully saturated rings. The predicted octanol–water partition coefficient (Wildman–Crippen LogP) is 5.95. The molecule has 1 heterocycles. The van der Waals surface area contributed by atoms with Gasteiger partial charge in [-0.25, -0.2) is 4.79 Å². The lowest BCUT2D eigenvalue weighted by Gasteiger charge is -2.38. The molecule has 43 heavy (non-hydrogen) atoms. The molecule has 0 aliphatic carbocycles. The lowest BCUT2D eigenvalue weighted by Crippen LogP contribution is -2.48. The molecule has 1 saturated heterocycles. The van der Waals surface area contributed by atoms with Crippen LogP contribution < -0.4 is 10.6 Å². The SMILES string of the molecule is CCOC(=O)C(CN1CCC(N(C)C(=O)CNc2c(C)c(C)c(NC(=O)OC(C)(C)C)c(C)c2C)CC1)c1ccccc1. The Bertz CT molecular complexity index is 1250. The number of piperidine rings is 1. The molecular weight excluding hydrogens is 544 g/mol. The Hall–Kier alpha value is -3.59. The number of likely N-dealkylation sites (N-methyl/N-ethyl adjacent to an activating group) is 1. The van der Waals surface area contributed by atoms with Gasteiger partial charge in [0.25, 0.3) is 0 Å². The van der Waals surface area contributed by atoms with E-state index in [2.05, 4.69) is 15.5 Å². The molecule has 0 aromatic heterocycles. The van der Waals surface area contributed by atoms with E-state index in [0.29, 0.717) is 13.2 Å². The van der Waals surface area contributed by atoms with Gasteiger partial charge in [0.2, 0.25) is 5.91 Å². The fraction of sp³-hybridized carbons (Fsp3) is 0.559. The molecule has 9 heteroatoms. The zero-order valence-electron chi connectivity index (χ0n) is 27.4. The summed E-state index contributed by atoms with van der Waals surface area (Å²) in [6.45, 7) is 18.0. The maximum Gasteiger partial charge on any atom is 0.412 e. The van der Waals surface area contributed by atoms with Crippen LogP contribution in [-0.2, 0) is 19.1 Å². The van der Waals surface area contributed by atoms with Crippen molar-refractivity contribution in [2.45, 2.75) is 85.8 Å². The lowest BCUT2D eigenvalue weighted by atomic mass is 9.95. The Balaban J connectivity index is 1.59. The summed E-state index contributed by atoms with van der Waals surface area (Å²) in [5.41, 5.74) is 5.84. The zero-order chi connectivity index (χ0) is 31.9. The molecule has 3 rings (SSSR count). The molecule has 0 spiro atoms. The molecule has 1 atom stereocenters. The van der Waals surface area contributed by atoms with Crippen LogP contribution in [0.25, 0.3) is 0 Å². The normalized spacial score (nSPS) is 15.0. The first-order valence-corrected chi connectivity index (χ1v) is 15.3. The number of likely N-dealkylation sites (tertiary alicyclic amines) is 1. The van der Waals surface area contributed by atoms with Gasteiger partial charge in [-0.3, -0.25) is 14.9 Å². The highest BCUT2D eigenvalue weighted by Crippen LogP contribution is 2.34. The highest BCUT2D eigenvalue weighted by atomic mass is 16.6. The van der Waals surface area contributed by atoms with Crippen LogP contribution in [0.3, 0.4) is 0 Å². The van der Waals surface area contributed by atoms with Crippen molar-refractivity contribution in [1.29, 1.82) is 0 Å². The molecule has 2 N–H and O–H groups in total. The number of hydrogen-bond donors (Lipinski definition) is 2. The zero-order valence-corrected chi connectivity index (χ0v) is 27.4. The molecule has 236 valence electrons. The third-order valence-electron chi connectivity index (χ3n) is 8.38. The van der Waals surface area contributed by atoms with Crippen LogP contribution in [-0.4, -0.2) is 79.2 Å². The Morgan fingerprint density at radius 3 is 2.05 bits per heavy atom. The van der Waals surface area contributed by atoms with E-state index in [4.69, 9.17) is 9.47 Å². The summed E-state index contributed by atoms with van der Waals surface area (Å²) in [6, 6.07) is 9.93. The number of nitrogens with one attached hydrogen (secondary N) is 2. The van der Waals surface area contributed by atoms with Crippen molar-refractivity contribution in [3.8, 4) is 0 Å². The fourth-order valence-electron chi connectivity index (χ4n) is 5.65. The Labute approximate surface area is 257 Å². The van der Waals surface area contributed by atoms with E-state index in [0.717, 1.165) is 65.1 Å². The third kappa shape index (κ3) is 8.95. The van der Waals surface area contributed by atoms with Crippen molar-refractivity contribution in [3.05, 3.63) is 58.1 Å². The van der Waals surface area contributed by atoms with Crippen LogP contribution in [0.2, 0.25) is 0 Å². The second-order valence-electron chi connectivity index (χ2n) is 12.5. The minimum atomic E-state index is -0.590. The number of benzene rings is 2. The quantitative estimate of drug-likeness (QED) is 0.328. The monoisotopic (exact) mass is 594 g/mol. The molecule has 2 aromatic rings. The topological polar surface area (TPSA) is 100 Å². The fourth-order valence-corrected chi connectivity index (χ4v) is 5.65.